The van der Waals surface area contributed by atoms with Crippen LogP contribution >= 0.6 is 0 Å². The van der Waals surface area contributed by atoms with Gasteiger partial charge in [-0.25, -0.2) is 4.79 Å². The van der Waals surface area contributed by atoms with Crippen molar-refractivity contribution in [3.05, 3.63) is 35.7 Å². The van der Waals surface area contributed by atoms with Gasteiger partial charge in [-0.15, -0.1) is 0 Å². The summed E-state index contributed by atoms with van der Waals surface area (Å²) in [6.45, 7) is 7.68. The highest BCUT2D eigenvalue weighted by molar-refractivity contribution is 5.70. The highest BCUT2D eigenvalue weighted by atomic mass is 16.6. The van der Waals surface area contributed by atoms with Gasteiger partial charge in [0.15, 0.2) is 6.61 Å². The van der Waals surface area contributed by atoms with Gasteiger partial charge in [0.05, 0.1) is 0 Å². The summed E-state index contributed by atoms with van der Waals surface area (Å²) < 4.78 is 15.3. The standard InChI is InChI=1S/C20H27N3O5/c1-5-14-8-10-15(11-9-14)18-22-16(28-23-18)13-26-17(24)7-6-12-21-19(25)27-20(2,3)4/h8-11H,5-7,12-13H2,1-4H3,(H,21,25). The summed E-state index contributed by atoms with van der Waals surface area (Å²) in [6, 6.07) is 7.88. The van der Waals surface area contributed by atoms with Gasteiger partial charge in [0.1, 0.15) is 5.60 Å². The third kappa shape index (κ3) is 7.38. The van der Waals surface area contributed by atoms with Crippen LogP contribution in [-0.4, -0.2) is 34.3 Å². The second-order valence-corrected chi connectivity index (χ2v) is 7.26. The fourth-order valence-electron chi connectivity index (χ4n) is 2.27. The molecule has 2 rings (SSSR count). The average Bonchev–Trinajstić information content (AvgIpc) is 3.11. The van der Waals surface area contributed by atoms with E-state index < -0.39 is 17.7 Å². The molecule has 28 heavy (non-hydrogen) atoms. The molecule has 0 bridgehead atoms. The zero-order valence-electron chi connectivity index (χ0n) is 16.8. The van der Waals surface area contributed by atoms with Crippen LogP contribution in [0.3, 0.4) is 0 Å². The molecule has 8 nitrogen and oxygen atoms in total. The number of alkyl carbamates (subject to hydrolysis) is 1. The number of aromatic nitrogens is 2. The zero-order chi connectivity index (χ0) is 20.6. The van der Waals surface area contributed by atoms with Crippen LogP contribution < -0.4 is 5.32 Å². The van der Waals surface area contributed by atoms with E-state index in [4.69, 9.17) is 14.0 Å². The molecule has 1 aromatic carbocycles. The Morgan fingerprint density at radius 2 is 1.89 bits per heavy atom. The van der Waals surface area contributed by atoms with Gasteiger partial charge in [-0.2, -0.15) is 4.98 Å². The van der Waals surface area contributed by atoms with Crippen molar-refractivity contribution in [1.82, 2.24) is 15.5 Å². The van der Waals surface area contributed by atoms with Gasteiger partial charge in [0.25, 0.3) is 5.89 Å². The van der Waals surface area contributed by atoms with Crippen molar-refractivity contribution in [3.63, 3.8) is 0 Å². The largest absolute Gasteiger partial charge is 0.456 e. The van der Waals surface area contributed by atoms with E-state index in [1.807, 2.05) is 24.3 Å². The first kappa shape index (κ1) is 21.4. The molecule has 0 fully saturated rings. The molecule has 2 aromatic rings. The van der Waals surface area contributed by atoms with Gasteiger partial charge in [-0.3, -0.25) is 4.79 Å². The van der Waals surface area contributed by atoms with E-state index in [2.05, 4.69) is 22.4 Å². The Morgan fingerprint density at radius 1 is 1.18 bits per heavy atom. The minimum absolute atomic E-state index is 0.0849. The first-order valence-corrected chi connectivity index (χ1v) is 9.31. The molecular formula is C20H27N3O5. The van der Waals surface area contributed by atoms with E-state index in [9.17, 15) is 9.59 Å². The molecule has 0 atom stereocenters. The van der Waals surface area contributed by atoms with Crippen molar-refractivity contribution in [2.75, 3.05) is 6.54 Å². The van der Waals surface area contributed by atoms with Gasteiger partial charge >= 0.3 is 12.1 Å². The van der Waals surface area contributed by atoms with Crippen LogP contribution in [0.25, 0.3) is 11.4 Å². The third-order valence-corrected chi connectivity index (χ3v) is 3.67. The maximum absolute atomic E-state index is 11.8. The van der Waals surface area contributed by atoms with Crippen LogP contribution in [0.5, 0.6) is 0 Å². The molecule has 1 amide bonds. The molecule has 0 aliphatic heterocycles. The Kier molecular flexibility index (Phi) is 7.54. The number of benzene rings is 1. The van der Waals surface area contributed by atoms with Crippen LogP contribution in [0.15, 0.2) is 28.8 Å². The molecule has 0 radical (unpaired) electrons. The van der Waals surface area contributed by atoms with Gasteiger partial charge in [0, 0.05) is 18.5 Å². The Morgan fingerprint density at radius 3 is 2.54 bits per heavy atom. The predicted molar refractivity (Wildman–Crippen MR) is 102 cm³/mol. The smallest absolute Gasteiger partial charge is 0.407 e. The van der Waals surface area contributed by atoms with Crippen LogP contribution in [-0.2, 0) is 27.3 Å². The van der Waals surface area contributed by atoms with Crippen LogP contribution in [0.4, 0.5) is 4.79 Å². The first-order chi connectivity index (χ1) is 13.3. The van der Waals surface area contributed by atoms with E-state index in [1.54, 1.807) is 20.8 Å². The van der Waals surface area contributed by atoms with Crippen molar-refractivity contribution >= 4 is 12.1 Å². The maximum atomic E-state index is 11.8. The number of nitrogens with one attached hydrogen (secondary N) is 1. The highest BCUT2D eigenvalue weighted by Crippen LogP contribution is 2.17. The lowest BCUT2D eigenvalue weighted by Gasteiger charge is -2.19. The van der Waals surface area contributed by atoms with Gasteiger partial charge in [0.2, 0.25) is 5.82 Å². The Balaban J connectivity index is 1.69. The molecule has 0 saturated heterocycles. The van der Waals surface area contributed by atoms with E-state index in [0.717, 1.165) is 12.0 Å². The molecule has 0 unspecified atom stereocenters. The number of carbonyl (C=O) groups is 2. The van der Waals surface area contributed by atoms with Gasteiger partial charge in [-0.1, -0.05) is 36.3 Å². The number of esters is 1. The lowest BCUT2D eigenvalue weighted by Crippen LogP contribution is -2.33. The lowest BCUT2D eigenvalue weighted by molar-refractivity contribution is -0.145. The van der Waals surface area contributed by atoms with E-state index in [1.165, 1.54) is 5.56 Å². The number of rotatable bonds is 8. The summed E-state index contributed by atoms with van der Waals surface area (Å²) in [5, 5.41) is 6.49. The predicted octanol–water partition coefficient (Wildman–Crippen LogP) is 3.65. The first-order valence-electron chi connectivity index (χ1n) is 9.31. The van der Waals surface area contributed by atoms with Gasteiger partial charge < -0.3 is 19.3 Å². The highest BCUT2D eigenvalue weighted by Gasteiger charge is 2.16. The summed E-state index contributed by atoms with van der Waals surface area (Å²) in [4.78, 5) is 27.5. The summed E-state index contributed by atoms with van der Waals surface area (Å²) in [5.74, 6) is 0.281. The molecule has 152 valence electrons. The summed E-state index contributed by atoms with van der Waals surface area (Å²) in [7, 11) is 0. The number of ether oxygens (including phenoxy) is 2. The zero-order valence-corrected chi connectivity index (χ0v) is 16.8. The number of hydrogen-bond donors (Lipinski definition) is 1. The molecule has 0 spiro atoms. The second kappa shape index (κ2) is 9.87. The maximum Gasteiger partial charge on any atom is 0.407 e. The molecule has 1 heterocycles. The average molecular weight is 389 g/mol. The molecule has 0 saturated carbocycles. The van der Waals surface area contributed by atoms with Crippen LogP contribution in [0, 0.1) is 0 Å². The topological polar surface area (TPSA) is 104 Å². The quantitative estimate of drug-likeness (QED) is 0.543. The molecule has 1 N–H and O–H groups in total. The fourth-order valence-corrected chi connectivity index (χ4v) is 2.27. The molecule has 0 aliphatic rings. The van der Waals surface area contributed by atoms with Crippen molar-refractivity contribution < 1.29 is 23.6 Å². The molecular weight excluding hydrogens is 362 g/mol. The number of aryl methyl sites for hydroxylation is 1. The van der Waals surface area contributed by atoms with E-state index >= 15 is 0 Å². The van der Waals surface area contributed by atoms with Crippen molar-refractivity contribution in [2.45, 2.75) is 59.2 Å². The van der Waals surface area contributed by atoms with E-state index in [-0.39, 0.29) is 18.9 Å². The summed E-state index contributed by atoms with van der Waals surface area (Å²) in [5.41, 5.74) is 1.51. The van der Waals surface area contributed by atoms with Crippen molar-refractivity contribution in [2.24, 2.45) is 0 Å². The minimum atomic E-state index is -0.552. The van der Waals surface area contributed by atoms with Crippen molar-refractivity contribution in [1.29, 1.82) is 0 Å². The van der Waals surface area contributed by atoms with Gasteiger partial charge in [-0.05, 0) is 39.2 Å². The molecule has 1 aromatic heterocycles. The SMILES string of the molecule is CCc1ccc(-c2noc(COC(=O)CCCNC(=O)OC(C)(C)C)n2)cc1. The Hall–Kier alpha value is -2.90. The molecule has 0 aliphatic carbocycles. The number of hydrogen-bond acceptors (Lipinski definition) is 7. The van der Waals surface area contributed by atoms with Crippen molar-refractivity contribution in [3.8, 4) is 11.4 Å². The second-order valence-electron chi connectivity index (χ2n) is 7.26. The normalized spacial score (nSPS) is 11.1. The molecule has 8 heteroatoms. The number of nitrogens with zero attached hydrogens (tertiary/aromatic N) is 2. The summed E-state index contributed by atoms with van der Waals surface area (Å²) >= 11 is 0. The minimum Gasteiger partial charge on any atom is -0.456 e. The Labute approximate surface area is 164 Å². The third-order valence-electron chi connectivity index (χ3n) is 3.67. The van der Waals surface area contributed by atoms with E-state index in [0.29, 0.717) is 18.8 Å². The fraction of sp³-hybridized carbons (Fsp3) is 0.500. The van der Waals surface area contributed by atoms with Crippen LogP contribution in [0.1, 0.15) is 52.0 Å². The Bertz CT molecular complexity index is 778. The number of carbonyl (C=O) groups excluding carboxylic acids is 2. The summed E-state index contributed by atoms with van der Waals surface area (Å²) in [6.07, 6.45) is 1.05. The van der Waals surface area contributed by atoms with Crippen LogP contribution in [0.2, 0.25) is 0 Å². The monoisotopic (exact) mass is 389 g/mol. The number of amides is 1. The lowest BCUT2D eigenvalue weighted by atomic mass is 10.1.